The minimum Gasteiger partial charge on any atom is -0.366 e. The molecule has 0 aromatic heterocycles. The molecule has 2 heteroatoms. The zero-order valence-electron chi connectivity index (χ0n) is 19.8. The average molecular weight is 412 g/mol. The van der Waals surface area contributed by atoms with Gasteiger partial charge in [0.05, 0.1) is 0 Å². The minimum absolute atomic E-state index is 0.0681. The van der Waals surface area contributed by atoms with Gasteiger partial charge < -0.3 is 4.90 Å². The van der Waals surface area contributed by atoms with E-state index in [1.165, 1.54) is 22.4 Å². The smallest absolute Gasteiger partial charge is 0.0410 e. The van der Waals surface area contributed by atoms with Gasteiger partial charge in [-0.25, -0.2) is 0 Å². The van der Waals surface area contributed by atoms with Gasteiger partial charge in [-0.2, -0.15) is 0 Å². The molecule has 0 amide bonds. The summed E-state index contributed by atoms with van der Waals surface area (Å²) in [5.74, 6) is 0. The van der Waals surface area contributed by atoms with E-state index in [0.29, 0.717) is 0 Å². The Balaban J connectivity index is 2.18. The first-order valence-electron chi connectivity index (χ1n) is 10.8. The summed E-state index contributed by atoms with van der Waals surface area (Å²) in [6.45, 7) is 22.6. The number of rotatable bonds is 2. The van der Waals surface area contributed by atoms with Crippen LogP contribution in [0.1, 0.15) is 79.0 Å². The van der Waals surface area contributed by atoms with Crippen molar-refractivity contribution in [3.05, 3.63) is 64.2 Å². The van der Waals surface area contributed by atoms with Crippen LogP contribution in [0.4, 0.5) is 5.69 Å². The second-order valence-electron chi connectivity index (χ2n) is 11.8. The fourth-order valence-electron chi connectivity index (χ4n) is 5.52. The fraction of sp³-hybridized carbons (Fsp3) is 0.556. The maximum absolute atomic E-state index is 6.08. The van der Waals surface area contributed by atoms with E-state index in [2.05, 4.69) is 97.5 Å². The largest absolute Gasteiger partial charge is 0.366 e. The van der Waals surface area contributed by atoms with E-state index in [1.54, 1.807) is 0 Å². The van der Waals surface area contributed by atoms with Gasteiger partial charge in [0.25, 0.3) is 0 Å². The van der Waals surface area contributed by atoms with E-state index in [0.717, 1.165) is 18.0 Å². The van der Waals surface area contributed by atoms with Gasteiger partial charge >= 0.3 is 0 Å². The first-order valence-corrected chi connectivity index (χ1v) is 11.2. The maximum atomic E-state index is 6.08. The third kappa shape index (κ3) is 3.83. The summed E-state index contributed by atoms with van der Waals surface area (Å²) in [5, 5.41) is 0.794. The molecule has 1 nitrogen and oxygen atoms in total. The predicted octanol–water partition coefficient (Wildman–Crippen LogP) is 7.88. The van der Waals surface area contributed by atoms with Crippen LogP contribution in [0.25, 0.3) is 0 Å². The Morgan fingerprint density at radius 3 is 1.79 bits per heavy atom. The number of hydrogen-bond donors (Lipinski definition) is 0. The van der Waals surface area contributed by atoms with Gasteiger partial charge in [-0.1, -0.05) is 77.4 Å². The molecule has 158 valence electrons. The Morgan fingerprint density at radius 2 is 1.31 bits per heavy atom. The third-order valence-electron chi connectivity index (χ3n) is 6.90. The Bertz CT molecular complexity index is 859. The summed E-state index contributed by atoms with van der Waals surface area (Å²) in [6.07, 6.45) is 0.935. The van der Waals surface area contributed by atoms with Crippen molar-refractivity contribution in [2.75, 3.05) is 11.4 Å². The zero-order valence-corrected chi connectivity index (χ0v) is 20.5. The van der Waals surface area contributed by atoms with Gasteiger partial charge in [0.1, 0.15) is 0 Å². The van der Waals surface area contributed by atoms with E-state index >= 15 is 0 Å². The van der Waals surface area contributed by atoms with E-state index in [-0.39, 0.29) is 21.8 Å². The molecule has 0 unspecified atom stereocenters. The van der Waals surface area contributed by atoms with Crippen LogP contribution < -0.4 is 4.90 Å². The molecule has 3 rings (SSSR count). The lowest BCUT2D eigenvalue weighted by Gasteiger charge is -2.53. The Morgan fingerprint density at radius 1 is 0.793 bits per heavy atom. The first kappa shape index (κ1) is 22.2. The molecule has 0 radical (unpaired) electrons. The highest BCUT2D eigenvalue weighted by Gasteiger charge is 2.58. The van der Waals surface area contributed by atoms with Gasteiger partial charge in [0, 0.05) is 28.2 Å². The van der Waals surface area contributed by atoms with Crippen LogP contribution >= 0.6 is 11.6 Å². The molecule has 0 N–H and O–H groups in total. The minimum atomic E-state index is 0.0681. The molecular weight excluding hydrogens is 374 g/mol. The second kappa shape index (κ2) is 7.05. The molecule has 0 aliphatic carbocycles. The van der Waals surface area contributed by atoms with E-state index in [9.17, 15) is 0 Å². The molecule has 0 atom stereocenters. The molecule has 2 aromatic rings. The van der Waals surface area contributed by atoms with Crippen LogP contribution in [-0.4, -0.2) is 12.1 Å². The van der Waals surface area contributed by atoms with Crippen LogP contribution in [0.15, 0.2) is 42.5 Å². The monoisotopic (exact) mass is 411 g/mol. The standard InChI is InChI=1S/C27H38ClN/c1-24(2,3)27(25(4,5)6)18-29(26(7,8)9)23-15-12-20(17-22(23)27)16-19-10-13-21(28)14-11-19/h10-15,17H,16,18H2,1-9H3. The average Bonchev–Trinajstić information content (AvgIpc) is 2.92. The Labute approximate surface area is 183 Å². The topological polar surface area (TPSA) is 3.24 Å². The highest BCUT2D eigenvalue weighted by molar-refractivity contribution is 6.30. The molecule has 0 saturated heterocycles. The van der Waals surface area contributed by atoms with Crippen LogP contribution in [-0.2, 0) is 11.8 Å². The van der Waals surface area contributed by atoms with Crippen molar-refractivity contribution in [3.8, 4) is 0 Å². The van der Waals surface area contributed by atoms with Gasteiger partial charge in [0.15, 0.2) is 0 Å². The van der Waals surface area contributed by atoms with Crippen molar-refractivity contribution >= 4 is 17.3 Å². The summed E-state index contributed by atoms with van der Waals surface area (Å²) in [4.78, 5) is 2.63. The summed E-state index contributed by atoms with van der Waals surface area (Å²) >= 11 is 6.08. The number of benzene rings is 2. The summed E-state index contributed by atoms with van der Waals surface area (Å²) in [6, 6.07) is 15.4. The molecule has 0 spiro atoms. The van der Waals surface area contributed by atoms with E-state index in [1.807, 2.05) is 12.1 Å². The van der Waals surface area contributed by atoms with Crippen molar-refractivity contribution in [3.63, 3.8) is 0 Å². The van der Waals surface area contributed by atoms with Crippen LogP contribution in [0.2, 0.25) is 5.02 Å². The van der Waals surface area contributed by atoms with E-state index < -0.39 is 0 Å². The predicted molar refractivity (Wildman–Crippen MR) is 128 cm³/mol. The SMILES string of the molecule is CC(C)(C)N1CC(C(C)(C)C)(C(C)(C)C)c2cc(Cc3ccc(Cl)cc3)ccc21. The number of halogens is 1. The molecule has 0 bridgehead atoms. The quantitative estimate of drug-likeness (QED) is 0.485. The lowest BCUT2D eigenvalue weighted by atomic mass is 9.52. The van der Waals surface area contributed by atoms with Crippen molar-refractivity contribution in [1.29, 1.82) is 0 Å². The summed E-state index contributed by atoms with van der Waals surface area (Å²) in [7, 11) is 0. The van der Waals surface area contributed by atoms with Crippen molar-refractivity contribution in [2.24, 2.45) is 10.8 Å². The second-order valence-corrected chi connectivity index (χ2v) is 12.3. The molecule has 0 saturated carbocycles. The third-order valence-corrected chi connectivity index (χ3v) is 7.15. The molecule has 1 heterocycles. The number of fused-ring (bicyclic) bond motifs is 1. The fourth-order valence-corrected chi connectivity index (χ4v) is 5.65. The van der Waals surface area contributed by atoms with Gasteiger partial charge in [-0.05, 0) is 72.9 Å². The molecule has 0 fully saturated rings. The molecule has 29 heavy (non-hydrogen) atoms. The highest BCUT2D eigenvalue weighted by Crippen LogP contribution is 2.60. The van der Waals surface area contributed by atoms with Crippen LogP contribution in [0, 0.1) is 10.8 Å². The molecule has 1 aliphatic heterocycles. The normalized spacial score (nSPS) is 16.8. The Kier molecular flexibility index (Phi) is 5.40. The highest BCUT2D eigenvalue weighted by atomic mass is 35.5. The first-order chi connectivity index (χ1) is 13.2. The van der Waals surface area contributed by atoms with Gasteiger partial charge in [-0.15, -0.1) is 0 Å². The lowest BCUT2D eigenvalue weighted by molar-refractivity contribution is 0.0635. The van der Waals surface area contributed by atoms with Crippen molar-refractivity contribution in [2.45, 2.75) is 79.7 Å². The zero-order chi connectivity index (χ0) is 21.8. The number of hydrogen-bond acceptors (Lipinski definition) is 1. The molecule has 2 aromatic carbocycles. The van der Waals surface area contributed by atoms with Gasteiger partial charge in [-0.3, -0.25) is 0 Å². The maximum Gasteiger partial charge on any atom is 0.0410 e. The molecular formula is C27H38ClN. The number of anilines is 1. The van der Waals surface area contributed by atoms with Crippen LogP contribution in [0.3, 0.4) is 0 Å². The molecule has 1 aliphatic rings. The van der Waals surface area contributed by atoms with Crippen LogP contribution in [0.5, 0.6) is 0 Å². The number of nitrogens with zero attached hydrogens (tertiary/aromatic N) is 1. The van der Waals surface area contributed by atoms with Crippen molar-refractivity contribution in [1.82, 2.24) is 0 Å². The lowest BCUT2D eigenvalue weighted by Crippen LogP contribution is -2.55. The summed E-state index contributed by atoms with van der Waals surface area (Å²) < 4.78 is 0. The van der Waals surface area contributed by atoms with Crippen molar-refractivity contribution < 1.29 is 0 Å². The van der Waals surface area contributed by atoms with E-state index in [4.69, 9.17) is 11.6 Å². The Hall–Kier alpha value is -1.47. The van der Waals surface area contributed by atoms with Gasteiger partial charge in [0.2, 0.25) is 0 Å². The summed E-state index contributed by atoms with van der Waals surface area (Å²) in [5.41, 5.74) is 6.03.